The van der Waals surface area contributed by atoms with Crippen molar-refractivity contribution in [1.29, 1.82) is 0 Å². The van der Waals surface area contributed by atoms with Gasteiger partial charge in [0, 0.05) is 22.2 Å². The van der Waals surface area contributed by atoms with Gasteiger partial charge in [-0.3, -0.25) is 4.79 Å². The Bertz CT molecular complexity index is 276. The van der Waals surface area contributed by atoms with Gasteiger partial charge in [-0.2, -0.15) is 0 Å². The molecule has 0 saturated heterocycles. The van der Waals surface area contributed by atoms with E-state index in [1.165, 1.54) is 11.3 Å². The molecule has 0 aliphatic carbocycles. The molecule has 0 bridgehead atoms. The molecule has 0 unspecified atom stereocenters. The van der Waals surface area contributed by atoms with Crippen LogP contribution in [0.4, 0.5) is 5.00 Å². The summed E-state index contributed by atoms with van der Waals surface area (Å²) in [6.45, 7) is 0. The average Bonchev–Trinajstić information content (AvgIpc) is 2.36. The minimum Gasteiger partial charge on any atom is -0.318 e. The van der Waals surface area contributed by atoms with E-state index in [0.717, 1.165) is 9.47 Å². The van der Waals surface area contributed by atoms with E-state index in [2.05, 4.69) is 21.2 Å². The quantitative estimate of drug-likeness (QED) is 0.839. The Kier molecular flexibility index (Phi) is 4.05. The lowest BCUT2D eigenvalue weighted by atomic mass is 10.4. The molecule has 1 rings (SSSR count). The molecule has 1 heterocycles. The molecule has 12 heavy (non-hydrogen) atoms. The van der Waals surface area contributed by atoms with Crippen molar-refractivity contribution < 1.29 is 4.79 Å². The first-order chi connectivity index (χ1) is 5.72. The Labute approximate surface area is 88.0 Å². The Balaban J connectivity index is 2.46. The molecule has 0 saturated carbocycles. The molecule has 1 N–H and O–H groups in total. The third kappa shape index (κ3) is 3.13. The van der Waals surface area contributed by atoms with Crippen LogP contribution in [0.1, 0.15) is 6.42 Å². The van der Waals surface area contributed by atoms with Gasteiger partial charge < -0.3 is 5.32 Å². The molecule has 66 valence electrons. The van der Waals surface area contributed by atoms with Crippen molar-refractivity contribution in [2.45, 2.75) is 6.42 Å². The molecule has 5 heteroatoms. The summed E-state index contributed by atoms with van der Waals surface area (Å²) >= 11 is 10.2. The Morgan fingerprint density at radius 1 is 1.75 bits per heavy atom. The van der Waals surface area contributed by atoms with Gasteiger partial charge in [-0.05, 0) is 22.0 Å². The number of hydrogen-bond acceptors (Lipinski definition) is 2. The predicted octanol–water partition coefficient (Wildman–Crippen LogP) is 3.08. The Morgan fingerprint density at radius 2 is 2.50 bits per heavy atom. The molecule has 0 radical (unpaired) electrons. The van der Waals surface area contributed by atoms with Crippen LogP contribution in [0.25, 0.3) is 0 Å². The van der Waals surface area contributed by atoms with Gasteiger partial charge >= 0.3 is 0 Å². The number of anilines is 1. The van der Waals surface area contributed by atoms with E-state index in [4.69, 9.17) is 11.6 Å². The van der Waals surface area contributed by atoms with Crippen molar-refractivity contribution in [3.8, 4) is 0 Å². The van der Waals surface area contributed by atoms with E-state index in [-0.39, 0.29) is 5.91 Å². The first-order valence-corrected chi connectivity index (χ1v) is 5.53. The zero-order chi connectivity index (χ0) is 8.97. The zero-order valence-electron chi connectivity index (χ0n) is 6.14. The van der Waals surface area contributed by atoms with Crippen LogP contribution in [0.15, 0.2) is 15.9 Å². The fraction of sp³-hybridized carbons (Fsp3) is 0.286. The van der Waals surface area contributed by atoms with Crippen molar-refractivity contribution >= 4 is 49.8 Å². The largest absolute Gasteiger partial charge is 0.318 e. The molecule has 1 aromatic heterocycles. The molecule has 0 aliphatic rings. The Hall–Kier alpha value is -0.0600. The summed E-state index contributed by atoms with van der Waals surface area (Å²) in [6, 6.07) is 1.86. The number of hydrogen-bond donors (Lipinski definition) is 1. The standard InChI is InChI=1S/C7H7BrClNOS/c8-5-3-7(12-4-5)10-6(11)1-2-9/h3-4H,1-2H2,(H,10,11). The summed E-state index contributed by atoms with van der Waals surface area (Å²) < 4.78 is 0.980. The predicted molar refractivity (Wildman–Crippen MR) is 56.0 cm³/mol. The van der Waals surface area contributed by atoms with E-state index in [1.807, 2.05) is 11.4 Å². The molecule has 0 aliphatic heterocycles. The maximum absolute atomic E-state index is 11.0. The lowest BCUT2D eigenvalue weighted by Crippen LogP contribution is -2.10. The summed E-state index contributed by atoms with van der Waals surface area (Å²) in [4.78, 5) is 11.0. The highest BCUT2D eigenvalue weighted by Gasteiger charge is 2.02. The Morgan fingerprint density at radius 3 is 3.00 bits per heavy atom. The van der Waals surface area contributed by atoms with Gasteiger partial charge in [-0.1, -0.05) is 0 Å². The summed E-state index contributed by atoms with van der Waals surface area (Å²) in [5.41, 5.74) is 0. The van der Waals surface area contributed by atoms with Crippen LogP contribution in [0.5, 0.6) is 0 Å². The molecular weight excluding hydrogens is 262 g/mol. The number of halogens is 2. The van der Waals surface area contributed by atoms with Crippen molar-refractivity contribution in [2.24, 2.45) is 0 Å². The summed E-state index contributed by atoms with van der Waals surface area (Å²) in [6.07, 6.45) is 0.358. The normalized spacial score (nSPS) is 9.83. The summed E-state index contributed by atoms with van der Waals surface area (Å²) in [5, 5.41) is 5.49. The topological polar surface area (TPSA) is 29.1 Å². The van der Waals surface area contributed by atoms with E-state index in [1.54, 1.807) is 0 Å². The van der Waals surface area contributed by atoms with Crippen LogP contribution in [-0.4, -0.2) is 11.8 Å². The molecule has 0 aromatic carbocycles. The van der Waals surface area contributed by atoms with Gasteiger partial charge in [-0.25, -0.2) is 0 Å². The number of alkyl halides is 1. The van der Waals surface area contributed by atoms with Gasteiger partial charge in [0.05, 0.1) is 5.00 Å². The fourth-order valence-electron chi connectivity index (χ4n) is 0.664. The van der Waals surface area contributed by atoms with Crippen LogP contribution in [0, 0.1) is 0 Å². The van der Waals surface area contributed by atoms with Gasteiger partial charge in [0.1, 0.15) is 0 Å². The van der Waals surface area contributed by atoms with Crippen LogP contribution in [-0.2, 0) is 4.79 Å². The summed E-state index contributed by atoms with van der Waals surface area (Å²) in [5.74, 6) is 0.317. The van der Waals surface area contributed by atoms with Crippen molar-refractivity contribution in [3.63, 3.8) is 0 Å². The second-order valence-electron chi connectivity index (χ2n) is 2.12. The van der Waals surface area contributed by atoms with Crippen LogP contribution < -0.4 is 5.32 Å². The number of carbonyl (C=O) groups excluding carboxylic acids is 1. The molecule has 1 aromatic rings. The maximum Gasteiger partial charge on any atom is 0.226 e. The number of nitrogens with one attached hydrogen (secondary N) is 1. The highest BCUT2D eigenvalue weighted by molar-refractivity contribution is 9.10. The van der Waals surface area contributed by atoms with Gasteiger partial charge in [-0.15, -0.1) is 22.9 Å². The molecule has 0 spiro atoms. The second kappa shape index (κ2) is 4.84. The maximum atomic E-state index is 11.0. The number of rotatable bonds is 3. The molecular formula is C7H7BrClNOS. The molecule has 2 nitrogen and oxygen atoms in total. The minimum absolute atomic E-state index is 0.0423. The lowest BCUT2D eigenvalue weighted by Gasteiger charge is -1.97. The lowest BCUT2D eigenvalue weighted by molar-refractivity contribution is -0.115. The minimum atomic E-state index is -0.0423. The number of carbonyl (C=O) groups is 1. The highest BCUT2D eigenvalue weighted by Crippen LogP contribution is 2.24. The second-order valence-corrected chi connectivity index (χ2v) is 4.32. The molecule has 1 amide bonds. The monoisotopic (exact) mass is 267 g/mol. The van der Waals surface area contributed by atoms with Crippen LogP contribution in [0.3, 0.4) is 0 Å². The highest BCUT2D eigenvalue weighted by atomic mass is 79.9. The first-order valence-electron chi connectivity index (χ1n) is 3.32. The molecule has 0 fully saturated rings. The fourth-order valence-corrected chi connectivity index (χ4v) is 2.17. The van der Waals surface area contributed by atoms with E-state index in [9.17, 15) is 4.79 Å². The first kappa shape index (κ1) is 10.0. The van der Waals surface area contributed by atoms with Gasteiger partial charge in [0.25, 0.3) is 0 Å². The number of amides is 1. The van der Waals surface area contributed by atoms with Crippen molar-refractivity contribution in [1.82, 2.24) is 0 Å². The van der Waals surface area contributed by atoms with E-state index >= 15 is 0 Å². The average molecular weight is 269 g/mol. The van der Waals surface area contributed by atoms with E-state index in [0.29, 0.717) is 12.3 Å². The van der Waals surface area contributed by atoms with E-state index < -0.39 is 0 Å². The van der Waals surface area contributed by atoms with Crippen molar-refractivity contribution in [3.05, 3.63) is 15.9 Å². The van der Waals surface area contributed by atoms with Crippen LogP contribution in [0.2, 0.25) is 0 Å². The third-order valence-electron chi connectivity index (χ3n) is 1.15. The third-order valence-corrected chi connectivity index (χ3v) is 2.95. The van der Waals surface area contributed by atoms with Crippen LogP contribution >= 0.6 is 38.9 Å². The van der Waals surface area contributed by atoms with Gasteiger partial charge in [0.2, 0.25) is 5.91 Å². The SMILES string of the molecule is O=C(CCCl)Nc1cc(Br)cs1. The smallest absolute Gasteiger partial charge is 0.226 e. The van der Waals surface area contributed by atoms with Gasteiger partial charge in [0.15, 0.2) is 0 Å². The molecule has 0 atom stereocenters. The van der Waals surface area contributed by atoms with Crippen molar-refractivity contribution in [2.75, 3.05) is 11.2 Å². The zero-order valence-corrected chi connectivity index (χ0v) is 9.30. The number of thiophene rings is 1. The summed E-state index contributed by atoms with van der Waals surface area (Å²) in [7, 11) is 0.